The average Bonchev–Trinajstić information content (AvgIpc) is 2.40. The lowest BCUT2D eigenvalue weighted by atomic mass is 10.1. The van der Waals surface area contributed by atoms with E-state index in [1.807, 2.05) is 26.0 Å². The zero-order valence-electron chi connectivity index (χ0n) is 12.0. The van der Waals surface area contributed by atoms with E-state index in [-0.39, 0.29) is 11.9 Å². The number of halogens is 1. The summed E-state index contributed by atoms with van der Waals surface area (Å²) in [6.07, 6.45) is 0. The molecule has 0 bridgehead atoms. The van der Waals surface area contributed by atoms with Gasteiger partial charge in [0.2, 0.25) is 0 Å². The van der Waals surface area contributed by atoms with E-state index in [2.05, 4.69) is 10.6 Å². The summed E-state index contributed by atoms with van der Waals surface area (Å²) in [5.41, 5.74) is 8.33. The van der Waals surface area contributed by atoms with Crippen molar-refractivity contribution in [1.29, 1.82) is 0 Å². The first-order valence-corrected chi connectivity index (χ1v) is 7.06. The lowest BCUT2D eigenvalue weighted by Gasteiger charge is -2.14. The molecular weight excluding hydrogens is 286 g/mol. The van der Waals surface area contributed by atoms with Gasteiger partial charge in [-0.1, -0.05) is 17.7 Å². The number of nitrogens with two attached hydrogens (primary N) is 1. The number of hydrogen-bond acceptors (Lipinski definition) is 3. The summed E-state index contributed by atoms with van der Waals surface area (Å²) < 4.78 is 0. The molecule has 4 nitrogen and oxygen atoms in total. The summed E-state index contributed by atoms with van der Waals surface area (Å²) in [5, 5.41) is 6.69. The van der Waals surface area contributed by atoms with Gasteiger partial charge in [-0.3, -0.25) is 4.79 Å². The number of amides is 1. The summed E-state index contributed by atoms with van der Waals surface area (Å²) in [5.74, 6) is -0.165. The van der Waals surface area contributed by atoms with Gasteiger partial charge in [-0.05, 0) is 50.2 Å². The van der Waals surface area contributed by atoms with Crippen LogP contribution in [0.3, 0.4) is 0 Å². The summed E-state index contributed by atoms with van der Waals surface area (Å²) in [6, 6.07) is 12.6. The van der Waals surface area contributed by atoms with Crippen LogP contribution in [0.1, 0.15) is 24.2 Å². The standard InChI is InChI=1S/C16H18ClN3O/c1-10(2)19-16(21)14-9-12(18)6-7-15(14)20-13-5-3-4-11(17)8-13/h3-10,20H,18H2,1-2H3,(H,19,21). The second-order valence-electron chi connectivity index (χ2n) is 5.07. The van der Waals surface area contributed by atoms with Crippen molar-refractivity contribution in [3.05, 3.63) is 53.1 Å². The first kappa shape index (κ1) is 15.2. The number of rotatable bonds is 4. The predicted molar refractivity (Wildman–Crippen MR) is 88.2 cm³/mol. The van der Waals surface area contributed by atoms with Crippen molar-refractivity contribution in [3.8, 4) is 0 Å². The molecule has 0 saturated heterocycles. The zero-order chi connectivity index (χ0) is 15.4. The van der Waals surface area contributed by atoms with Gasteiger partial charge in [0, 0.05) is 22.4 Å². The number of nitrogen functional groups attached to an aromatic ring is 1. The van der Waals surface area contributed by atoms with Crippen molar-refractivity contribution in [1.82, 2.24) is 5.32 Å². The van der Waals surface area contributed by atoms with Crippen LogP contribution in [0.5, 0.6) is 0 Å². The van der Waals surface area contributed by atoms with Gasteiger partial charge >= 0.3 is 0 Å². The molecule has 0 aliphatic carbocycles. The number of carbonyl (C=O) groups is 1. The summed E-state index contributed by atoms with van der Waals surface area (Å²) in [4.78, 5) is 12.3. The molecule has 0 aliphatic heterocycles. The monoisotopic (exact) mass is 303 g/mol. The van der Waals surface area contributed by atoms with Crippen molar-refractivity contribution in [2.75, 3.05) is 11.1 Å². The first-order valence-electron chi connectivity index (χ1n) is 6.68. The Kier molecular flexibility index (Phi) is 4.70. The summed E-state index contributed by atoms with van der Waals surface area (Å²) in [6.45, 7) is 3.82. The molecule has 0 spiro atoms. The molecule has 21 heavy (non-hydrogen) atoms. The molecule has 0 atom stereocenters. The van der Waals surface area contributed by atoms with Crippen LogP contribution >= 0.6 is 11.6 Å². The minimum absolute atomic E-state index is 0.0537. The molecule has 0 unspecified atom stereocenters. The van der Waals surface area contributed by atoms with Crippen LogP contribution in [-0.4, -0.2) is 11.9 Å². The Labute approximate surface area is 129 Å². The number of hydrogen-bond donors (Lipinski definition) is 3. The second-order valence-corrected chi connectivity index (χ2v) is 5.50. The van der Waals surface area contributed by atoms with Gasteiger partial charge in [0.25, 0.3) is 5.91 Å². The third-order valence-electron chi connectivity index (χ3n) is 2.81. The smallest absolute Gasteiger partial charge is 0.253 e. The Hall–Kier alpha value is -2.20. The van der Waals surface area contributed by atoms with Crippen LogP contribution in [0.2, 0.25) is 5.02 Å². The van der Waals surface area contributed by atoms with Gasteiger partial charge in [-0.2, -0.15) is 0 Å². The number of carbonyl (C=O) groups excluding carboxylic acids is 1. The van der Waals surface area contributed by atoms with Gasteiger partial charge in [0.05, 0.1) is 11.3 Å². The van der Waals surface area contributed by atoms with E-state index in [1.54, 1.807) is 30.3 Å². The van der Waals surface area contributed by atoms with E-state index >= 15 is 0 Å². The molecule has 110 valence electrons. The number of benzene rings is 2. The van der Waals surface area contributed by atoms with E-state index in [4.69, 9.17) is 17.3 Å². The molecule has 0 aliphatic rings. The molecule has 0 fully saturated rings. The van der Waals surface area contributed by atoms with Crippen LogP contribution in [-0.2, 0) is 0 Å². The fourth-order valence-corrected chi connectivity index (χ4v) is 2.11. The summed E-state index contributed by atoms with van der Waals surface area (Å²) in [7, 11) is 0. The average molecular weight is 304 g/mol. The Bertz CT molecular complexity index is 656. The van der Waals surface area contributed by atoms with Crippen LogP contribution < -0.4 is 16.4 Å². The van der Waals surface area contributed by atoms with Crippen molar-refractivity contribution < 1.29 is 4.79 Å². The largest absolute Gasteiger partial charge is 0.399 e. The maximum absolute atomic E-state index is 12.3. The lowest BCUT2D eigenvalue weighted by molar-refractivity contribution is 0.0944. The quantitative estimate of drug-likeness (QED) is 0.753. The molecule has 0 aromatic heterocycles. The van der Waals surface area contributed by atoms with Crippen molar-refractivity contribution in [2.45, 2.75) is 19.9 Å². The molecule has 5 heteroatoms. The zero-order valence-corrected chi connectivity index (χ0v) is 12.7. The Balaban J connectivity index is 2.32. The van der Waals surface area contributed by atoms with E-state index in [0.717, 1.165) is 5.69 Å². The first-order chi connectivity index (χ1) is 9.95. The topological polar surface area (TPSA) is 67.2 Å². The van der Waals surface area contributed by atoms with Gasteiger partial charge in [0.1, 0.15) is 0 Å². The Morgan fingerprint density at radius 3 is 2.62 bits per heavy atom. The van der Waals surface area contributed by atoms with Crippen molar-refractivity contribution in [2.24, 2.45) is 0 Å². The highest BCUT2D eigenvalue weighted by molar-refractivity contribution is 6.30. The summed E-state index contributed by atoms with van der Waals surface area (Å²) >= 11 is 5.97. The number of anilines is 3. The van der Waals surface area contributed by atoms with Gasteiger partial charge in [0.15, 0.2) is 0 Å². The third-order valence-corrected chi connectivity index (χ3v) is 3.05. The fourth-order valence-electron chi connectivity index (χ4n) is 1.92. The van der Waals surface area contributed by atoms with Crippen LogP contribution in [0, 0.1) is 0 Å². The minimum atomic E-state index is -0.165. The molecule has 2 rings (SSSR count). The predicted octanol–water partition coefficient (Wildman–Crippen LogP) is 3.80. The highest BCUT2D eigenvalue weighted by Crippen LogP contribution is 2.25. The maximum atomic E-state index is 12.3. The molecule has 0 radical (unpaired) electrons. The van der Waals surface area contributed by atoms with E-state index in [9.17, 15) is 4.79 Å². The molecule has 2 aromatic carbocycles. The third kappa shape index (κ3) is 4.13. The van der Waals surface area contributed by atoms with Crippen LogP contribution in [0.15, 0.2) is 42.5 Å². The minimum Gasteiger partial charge on any atom is -0.399 e. The molecule has 1 amide bonds. The highest BCUT2D eigenvalue weighted by Gasteiger charge is 2.13. The Morgan fingerprint density at radius 2 is 1.95 bits per heavy atom. The SMILES string of the molecule is CC(C)NC(=O)c1cc(N)ccc1Nc1cccc(Cl)c1. The maximum Gasteiger partial charge on any atom is 0.253 e. The molecule has 0 heterocycles. The number of nitrogens with one attached hydrogen (secondary N) is 2. The van der Waals surface area contributed by atoms with Crippen LogP contribution in [0.4, 0.5) is 17.1 Å². The highest BCUT2D eigenvalue weighted by atomic mass is 35.5. The van der Waals surface area contributed by atoms with E-state index in [0.29, 0.717) is 22.0 Å². The van der Waals surface area contributed by atoms with Gasteiger partial charge in [-0.15, -0.1) is 0 Å². The molecule has 0 saturated carbocycles. The second kappa shape index (κ2) is 6.50. The molecular formula is C16H18ClN3O. The lowest BCUT2D eigenvalue weighted by Crippen LogP contribution is -2.30. The molecule has 2 aromatic rings. The normalized spacial score (nSPS) is 10.5. The molecule has 4 N–H and O–H groups in total. The fraction of sp³-hybridized carbons (Fsp3) is 0.188. The van der Waals surface area contributed by atoms with Gasteiger partial charge in [-0.25, -0.2) is 0 Å². The van der Waals surface area contributed by atoms with Crippen molar-refractivity contribution in [3.63, 3.8) is 0 Å². The van der Waals surface area contributed by atoms with Crippen molar-refractivity contribution >= 4 is 34.6 Å². The van der Waals surface area contributed by atoms with Crippen LogP contribution in [0.25, 0.3) is 0 Å². The van der Waals surface area contributed by atoms with Gasteiger partial charge < -0.3 is 16.4 Å². The Morgan fingerprint density at radius 1 is 1.19 bits per heavy atom. The van der Waals surface area contributed by atoms with E-state index < -0.39 is 0 Å². The van der Waals surface area contributed by atoms with E-state index in [1.165, 1.54) is 0 Å².